The van der Waals surface area contributed by atoms with Crippen LogP contribution in [0.5, 0.6) is 5.75 Å². The summed E-state index contributed by atoms with van der Waals surface area (Å²) in [5.74, 6) is 1.86. The fourth-order valence-corrected chi connectivity index (χ4v) is 12.8. The van der Waals surface area contributed by atoms with Gasteiger partial charge >= 0.3 is 0 Å². The lowest BCUT2D eigenvalue weighted by molar-refractivity contribution is -0.183. The van der Waals surface area contributed by atoms with E-state index in [1.54, 1.807) is 12.1 Å². The van der Waals surface area contributed by atoms with Crippen molar-refractivity contribution in [2.75, 3.05) is 0 Å². The van der Waals surface area contributed by atoms with Crippen LogP contribution >= 0.6 is 0 Å². The first-order valence-corrected chi connectivity index (χ1v) is 18.5. The highest BCUT2D eigenvalue weighted by atomic mass is 16.6. The van der Waals surface area contributed by atoms with Crippen molar-refractivity contribution in [3.63, 3.8) is 0 Å². The third-order valence-corrected chi connectivity index (χ3v) is 15.3. The molecule has 4 saturated carbocycles. The van der Waals surface area contributed by atoms with Gasteiger partial charge in [0.2, 0.25) is 0 Å². The smallest absolute Gasteiger partial charge is 0.160 e. The van der Waals surface area contributed by atoms with E-state index in [0.717, 1.165) is 56.1 Å². The maximum Gasteiger partial charge on any atom is 0.160 e. The molecule has 0 amide bonds. The Hall–Kier alpha value is -1.98. The molecule has 9 atom stereocenters. The van der Waals surface area contributed by atoms with E-state index in [4.69, 9.17) is 4.74 Å². The summed E-state index contributed by atoms with van der Waals surface area (Å²) in [5.41, 5.74) is 2.36. The Morgan fingerprint density at radius 3 is 2.28 bits per heavy atom. The predicted molar refractivity (Wildman–Crippen MR) is 180 cm³/mol. The molecule has 5 fully saturated rings. The zero-order chi connectivity index (χ0) is 33.0. The lowest BCUT2D eigenvalue weighted by Crippen LogP contribution is -2.63. The van der Waals surface area contributed by atoms with Gasteiger partial charge in [0.25, 0.3) is 0 Å². The van der Waals surface area contributed by atoms with E-state index < -0.39 is 11.5 Å². The summed E-state index contributed by atoms with van der Waals surface area (Å²) in [6.07, 6.45) is 11.3. The minimum absolute atomic E-state index is 0.0551. The van der Waals surface area contributed by atoms with Gasteiger partial charge in [-0.15, -0.1) is 0 Å². The third-order valence-electron chi connectivity index (χ3n) is 15.3. The third kappa shape index (κ3) is 4.67. The van der Waals surface area contributed by atoms with Gasteiger partial charge in [-0.1, -0.05) is 71.6 Å². The summed E-state index contributed by atoms with van der Waals surface area (Å²) in [6.45, 7) is 15.8. The Bertz CT molecular complexity index is 1450. The van der Waals surface area contributed by atoms with Crippen molar-refractivity contribution in [3.8, 4) is 5.75 Å². The molecule has 1 aromatic rings. The fraction of sp³-hybridized carbons (Fsp3) is 0.756. The van der Waals surface area contributed by atoms with E-state index in [-0.39, 0.29) is 51.5 Å². The number of epoxide rings is 1. The van der Waals surface area contributed by atoms with Gasteiger partial charge in [0.1, 0.15) is 17.6 Å². The lowest BCUT2D eigenvalue weighted by Gasteiger charge is -2.68. The number of ketones is 2. The molecule has 1 aromatic carbocycles. The predicted octanol–water partition coefficient (Wildman–Crippen LogP) is 8.71. The van der Waals surface area contributed by atoms with Crippen molar-refractivity contribution in [2.45, 2.75) is 149 Å². The summed E-state index contributed by atoms with van der Waals surface area (Å²) < 4.78 is 5.90. The summed E-state index contributed by atoms with van der Waals surface area (Å²) in [7, 11) is 0. The highest BCUT2D eigenvalue weighted by molar-refractivity contribution is 6.01. The molecule has 7 rings (SSSR count). The van der Waals surface area contributed by atoms with Crippen LogP contribution in [0.1, 0.15) is 137 Å². The van der Waals surface area contributed by atoms with E-state index in [1.165, 1.54) is 24.8 Å². The van der Waals surface area contributed by atoms with Gasteiger partial charge in [0.05, 0.1) is 11.7 Å². The number of benzene rings is 1. The van der Waals surface area contributed by atoms with Gasteiger partial charge in [0, 0.05) is 23.2 Å². The number of hydrogen-bond donors (Lipinski definition) is 2. The molecule has 0 unspecified atom stereocenters. The van der Waals surface area contributed by atoms with E-state index in [2.05, 4.69) is 48.5 Å². The fourth-order valence-electron chi connectivity index (χ4n) is 12.8. The number of aliphatic hydroxyl groups is 1. The minimum Gasteiger partial charge on any atom is -0.508 e. The Kier molecular flexibility index (Phi) is 7.62. The van der Waals surface area contributed by atoms with Gasteiger partial charge in [-0.05, 0) is 123 Å². The average Bonchev–Trinajstić information content (AvgIpc) is 3.55. The molecule has 46 heavy (non-hydrogen) atoms. The summed E-state index contributed by atoms with van der Waals surface area (Å²) in [5, 5.41) is 21.8. The molecule has 0 aromatic heterocycles. The SMILES string of the molecule is CC1(C)O[C@@H]1[C@H](O)C[C@H](C1=C2CC[C@@H]3[C@]4(C)C[C@@H](c5cccc(O)c5)C(=O)C(C)(C)[C@@H]4CC[C@]3(C)[C@@]2(C)CC1=O)C1CCCCC1. The van der Waals surface area contributed by atoms with E-state index >= 15 is 0 Å². The van der Waals surface area contributed by atoms with Gasteiger partial charge in [-0.25, -0.2) is 0 Å². The second kappa shape index (κ2) is 10.8. The molecule has 6 aliphatic rings. The number of aromatic hydroxyl groups is 1. The molecule has 1 saturated heterocycles. The zero-order valence-electron chi connectivity index (χ0n) is 29.5. The van der Waals surface area contributed by atoms with Crippen molar-refractivity contribution in [3.05, 3.63) is 41.0 Å². The largest absolute Gasteiger partial charge is 0.508 e. The number of phenolic OH excluding ortho intramolecular Hbond substituents is 1. The molecule has 5 aliphatic carbocycles. The molecular weight excluding hydrogens is 572 g/mol. The Morgan fingerprint density at radius 2 is 1.63 bits per heavy atom. The first kappa shape index (κ1) is 32.6. The van der Waals surface area contributed by atoms with E-state index in [1.807, 2.05) is 12.1 Å². The highest BCUT2D eigenvalue weighted by Crippen LogP contribution is 2.75. The molecule has 252 valence electrons. The van der Waals surface area contributed by atoms with Crippen molar-refractivity contribution >= 4 is 11.6 Å². The number of aliphatic hydroxyl groups excluding tert-OH is 1. The van der Waals surface area contributed by atoms with Gasteiger partial charge in [0.15, 0.2) is 5.78 Å². The summed E-state index contributed by atoms with van der Waals surface area (Å²) in [4.78, 5) is 28.6. The number of allylic oxidation sites excluding steroid dienone is 2. The second-order valence-electron chi connectivity index (χ2n) is 18.3. The van der Waals surface area contributed by atoms with Crippen LogP contribution in [0.4, 0.5) is 0 Å². The highest BCUT2D eigenvalue weighted by Gasteiger charge is 2.69. The second-order valence-corrected chi connectivity index (χ2v) is 18.3. The van der Waals surface area contributed by atoms with Gasteiger partial charge in [-0.2, -0.15) is 0 Å². The Morgan fingerprint density at radius 1 is 0.935 bits per heavy atom. The lowest BCUT2D eigenvalue weighted by atomic mass is 9.35. The molecule has 1 aliphatic heterocycles. The van der Waals surface area contributed by atoms with Crippen LogP contribution in [0.25, 0.3) is 0 Å². The van der Waals surface area contributed by atoms with Crippen LogP contribution in [0.3, 0.4) is 0 Å². The Labute approximate surface area is 277 Å². The molecule has 0 spiro atoms. The van der Waals surface area contributed by atoms with Crippen LogP contribution in [0.2, 0.25) is 0 Å². The number of carbonyl (C=O) groups is 2. The van der Waals surface area contributed by atoms with Crippen LogP contribution in [0, 0.1) is 45.3 Å². The normalized spacial score (nSPS) is 41.4. The maximum atomic E-state index is 14.5. The Balaban J connectivity index is 1.27. The maximum absolute atomic E-state index is 14.5. The number of fused-ring (bicyclic) bond motifs is 5. The van der Waals surface area contributed by atoms with Crippen LogP contribution in [0.15, 0.2) is 35.4 Å². The number of ether oxygens (including phenoxy) is 1. The number of hydrogen-bond acceptors (Lipinski definition) is 5. The van der Waals surface area contributed by atoms with E-state index in [0.29, 0.717) is 36.2 Å². The standard InChI is InChI=1S/C41H58O5/c1-37(2)32-18-19-40(6)33(39(32,5)22-28(35(37)45)25-14-11-15-26(42)20-25)17-16-29-34(31(44)23-41(29,40)7)27(24-12-9-8-10-13-24)21-30(43)36-38(3,4)46-36/h11,14-15,20,24,27-28,30,32-33,36,42-43H,8-10,12-13,16-19,21-23H2,1-7H3/t27-,28-,30+,32-,33+,36+,39+,40-,41-/m0/s1. The monoisotopic (exact) mass is 630 g/mol. The minimum atomic E-state index is -0.549. The molecule has 0 radical (unpaired) electrons. The van der Waals surface area contributed by atoms with E-state index in [9.17, 15) is 19.8 Å². The number of carbonyl (C=O) groups excluding carboxylic acids is 2. The van der Waals surface area contributed by atoms with Crippen molar-refractivity contribution < 1.29 is 24.5 Å². The molecule has 5 heteroatoms. The van der Waals surface area contributed by atoms with Crippen molar-refractivity contribution in [1.29, 1.82) is 0 Å². The molecule has 5 nitrogen and oxygen atoms in total. The van der Waals surface area contributed by atoms with Crippen LogP contribution in [-0.4, -0.2) is 39.6 Å². The number of rotatable bonds is 6. The van der Waals surface area contributed by atoms with Crippen LogP contribution < -0.4 is 0 Å². The number of phenols is 1. The zero-order valence-corrected chi connectivity index (χ0v) is 29.5. The quantitative estimate of drug-likeness (QED) is 0.307. The molecule has 0 bridgehead atoms. The summed E-state index contributed by atoms with van der Waals surface area (Å²) in [6, 6.07) is 7.36. The average molecular weight is 631 g/mol. The topological polar surface area (TPSA) is 87.1 Å². The van der Waals surface area contributed by atoms with Gasteiger partial charge in [-0.3, -0.25) is 9.59 Å². The van der Waals surface area contributed by atoms with Crippen LogP contribution in [-0.2, 0) is 14.3 Å². The molecular formula is C41H58O5. The van der Waals surface area contributed by atoms with Gasteiger partial charge < -0.3 is 14.9 Å². The number of Topliss-reactive ketones (excluding diaryl/α,β-unsaturated/α-hetero) is 2. The first-order valence-electron chi connectivity index (χ1n) is 18.5. The molecule has 2 N–H and O–H groups in total. The van der Waals surface area contributed by atoms with Crippen molar-refractivity contribution in [2.24, 2.45) is 45.3 Å². The first-order chi connectivity index (χ1) is 21.5. The molecule has 1 heterocycles. The van der Waals surface area contributed by atoms with Crippen molar-refractivity contribution in [1.82, 2.24) is 0 Å². The summed E-state index contributed by atoms with van der Waals surface area (Å²) >= 11 is 0.